The molecule has 0 saturated heterocycles. The number of hydrogen-bond acceptors (Lipinski definition) is 2. The van der Waals surface area contributed by atoms with Crippen molar-refractivity contribution < 1.29 is 15.0 Å². The molecule has 84 valence electrons. The molecule has 3 nitrogen and oxygen atoms in total. The minimum Gasteiger partial charge on any atom is -0.480 e. The Kier molecular flexibility index (Phi) is 6.12. The van der Waals surface area contributed by atoms with Crippen molar-refractivity contribution in [1.82, 2.24) is 0 Å². The second-order valence-corrected chi connectivity index (χ2v) is 4.22. The Morgan fingerprint density at radius 1 is 1.43 bits per heavy atom. The Bertz CT molecular complexity index is 184. The van der Waals surface area contributed by atoms with Crippen molar-refractivity contribution in [3.8, 4) is 0 Å². The molecule has 0 aliphatic carbocycles. The zero-order chi connectivity index (χ0) is 11.2. The monoisotopic (exact) mass is 222 g/mol. The molecule has 0 spiro atoms. The van der Waals surface area contributed by atoms with Crippen LogP contribution in [-0.4, -0.2) is 27.2 Å². The number of aliphatic carboxylic acids is 1. The van der Waals surface area contributed by atoms with Gasteiger partial charge in [0.1, 0.15) is 0 Å². The summed E-state index contributed by atoms with van der Waals surface area (Å²) >= 11 is 5.91. The van der Waals surface area contributed by atoms with E-state index in [1.54, 1.807) is 6.92 Å². The van der Waals surface area contributed by atoms with Crippen LogP contribution >= 0.6 is 11.6 Å². The van der Waals surface area contributed by atoms with Gasteiger partial charge in [-0.05, 0) is 12.8 Å². The third kappa shape index (κ3) is 3.46. The molecule has 0 rings (SSSR count). The van der Waals surface area contributed by atoms with Gasteiger partial charge >= 0.3 is 5.97 Å². The van der Waals surface area contributed by atoms with Gasteiger partial charge in [-0.15, -0.1) is 11.6 Å². The summed E-state index contributed by atoms with van der Waals surface area (Å²) in [7, 11) is 0. The maximum Gasteiger partial charge on any atom is 0.327 e. The largest absolute Gasteiger partial charge is 0.480 e. The first kappa shape index (κ1) is 13.7. The van der Waals surface area contributed by atoms with Crippen LogP contribution in [0.3, 0.4) is 0 Å². The maximum atomic E-state index is 10.9. The average Bonchev–Trinajstić information content (AvgIpc) is 2.16. The van der Waals surface area contributed by atoms with Gasteiger partial charge in [0, 0.05) is 0 Å². The van der Waals surface area contributed by atoms with Crippen LogP contribution < -0.4 is 0 Å². The van der Waals surface area contributed by atoms with E-state index in [9.17, 15) is 9.90 Å². The van der Waals surface area contributed by atoms with Crippen LogP contribution in [-0.2, 0) is 4.79 Å². The minimum absolute atomic E-state index is 0.326. The number of halogens is 1. The highest BCUT2D eigenvalue weighted by molar-refractivity contribution is 6.34. The zero-order valence-electron chi connectivity index (χ0n) is 8.79. The molecule has 0 amide bonds. The quantitative estimate of drug-likeness (QED) is 0.514. The third-order valence-electron chi connectivity index (χ3n) is 2.41. The van der Waals surface area contributed by atoms with Gasteiger partial charge in [0.05, 0.1) is 6.10 Å². The lowest BCUT2D eigenvalue weighted by Crippen LogP contribution is -2.44. The van der Waals surface area contributed by atoms with E-state index in [-0.39, 0.29) is 0 Å². The molecule has 0 radical (unpaired) electrons. The van der Waals surface area contributed by atoms with Crippen LogP contribution in [0.15, 0.2) is 0 Å². The fraction of sp³-hybridized carbons (Fsp3) is 0.900. The SMILES string of the molecule is CCCCCC(Cl)(C(=O)O)C(O)CC. The van der Waals surface area contributed by atoms with Gasteiger partial charge < -0.3 is 10.2 Å². The summed E-state index contributed by atoms with van der Waals surface area (Å²) in [6.45, 7) is 3.76. The highest BCUT2D eigenvalue weighted by Crippen LogP contribution is 2.29. The van der Waals surface area contributed by atoms with E-state index < -0.39 is 16.9 Å². The molecule has 0 fully saturated rings. The van der Waals surface area contributed by atoms with E-state index in [0.717, 1.165) is 19.3 Å². The number of hydrogen-bond donors (Lipinski definition) is 2. The topological polar surface area (TPSA) is 57.5 Å². The van der Waals surface area contributed by atoms with Crippen molar-refractivity contribution in [2.45, 2.75) is 56.9 Å². The lowest BCUT2D eigenvalue weighted by atomic mass is 9.93. The first-order valence-corrected chi connectivity index (χ1v) is 5.47. The molecule has 2 N–H and O–H groups in total. The number of carbonyl (C=O) groups is 1. The number of aliphatic hydroxyl groups excluding tert-OH is 1. The summed E-state index contributed by atoms with van der Waals surface area (Å²) in [5.74, 6) is -1.12. The van der Waals surface area contributed by atoms with E-state index in [0.29, 0.717) is 12.8 Å². The number of unbranched alkanes of at least 4 members (excludes halogenated alkanes) is 2. The van der Waals surface area contributed by atoms with Gasteiger partial charge in [0.2, 0.25) is 0 Å². The molecule has 0 aliphatic rings. The zero-order valence-corrected chi connectivity index (χ0v) is 9.55. The summed E-state index contributed by atoms with van der Waals surface area (Å²) in [5.41, 5.74) is 0. The predicted molar refractivity (Wildman–Crippen MR) is 56.7 cm³/mol. The predicted octanol–water partition coefficient (Wildman–Crippen LogP) is 2.40. The van der Waals surface area contributed by atoms with E-state index in [1.807, 2.05) is 6.92 Å². The van der Waals surface area contributed by atoms with Crippen LogP contribution in [0.1, 0.15) is 46.0 Å². The van der Waals surface area contributed by atoms with Gasteiger partial charge in [0.25, 0.3) is 0 Å². The fourth-order valence-electron chi connectivity index (χ4n) is 1.37. The molecule has 0 aromatic carbocycles. The summed E-state index contributed by atoms with van der Waals surface area (Å²) in [6, 6.07) is 0. The normalized spacial score (nSPS) is 17.4. The molecular weight excluding hydrogens is 204 g/mol. The second-order valence-electron chi connectivity index (χ2n) is 3.55. The van der Waals surface area contributed by atoms with Crippen LogP contribution in [0.2, 0.25) is 0 Å². The highest BCUT2D eigenvalue weighted by Gasteiger charge is 2.41. The molecule has 0 aromatic rings. The Balaban J connectivity index is 4.32. The fourth-order valence-corrected chi connectivity index (χ4v) is 1.66. The molecule has 14 heavy (non-hydrogen) atoms. The number of alkyl halides is 1. The number of carboxylic acid groups (broad SMARTS) is 1. The summed E-state index contributed by atoms with van der Waals surface area (Å²) in [5, 5.41) is 18.5. The minimum atomic E-state index is -1.50. The number of carboxylic acids is 1. The first-order chi connectivity index (χ1) is 6.49. The lowest BCUT2D eigenvalue weighted by Gasteiger charge is -2.27. The van der Waals surface area contributed by atoms with Crippen molar-refractivity contribution in [1.29, 1.82) is 0 Å². The van der Waals surface area contributed by atoms with Crippen molar-refractivity contribution in [3.05, 3.63) is 0 Å². The van der Waals surface area contributed by atoms with Gasteiger partial charge in [-0.1, -0.05) is 33.1 Å². The maximum absolute atomic E-state index is 10.9. The van der Waals surface area contributed by atoms with Crippen molar-refractivity contribution in [2.75, 3.05) is 0 Å². The van der Waals surface area contributed by atoms with E-state index in [2.05, 4.69) is 0 Å². The van der Waals surface area contributed by atoms with Gasteiger partial charge in [-0.2, -0.15) is 0 Å². The standard InChI is InChI=1S/C10H19ClO3/c1-3-5-6-7-10(11,9(13)14)8(12)4-2/h8,12H,3-7H2,1-2H3,(H,13,14). The molecule has 2 atom stereocenters. The van der Waals surface area contributed by atoms with E-state index in [1.165, 1.54) is 0 Å². The number of aliphatic hydroxyl groups is 1. The van der Waals surface area contributed by atoms with Crippen LogP contribution in [0.5, 0.6) is 0 Å². The smallest absolute Gasteiger partial charge is 0.327 e. The van der Waals surface area contributed by atoms with Crippen molar-refractivity contribution in [3.63, 3.8) is 0 Å². The number of rotatable bonds is 7. The average molecular weight is 223 g/mol. The Hall–Kier alpha value is -0.280. The van der Waals surface area contributed by atoms with Crippen LogP contribution in [0.25, 0.3) is 0 Å². The Morgan fingerprint density at radius 3 is 2.36 bits per heavy atom. The van der Waals surface area contributed by atoms with Gasteiger partial charge in [-0.3, -0.25) is 4.79 Å². The molecule has 4 heteroatoms. The Labute approximate surface area is 90.1 Å². The summed E-state index contributed by atoms with van der Waals surface area (Å²) < 4.78 is 0. The molecule has 0 bridgehead atoms. The van der Waals surface area contributed by atoms with Gasteiger partial charge in [0.15, 0.2) is 4.87 Å². The molecule has 2 unspecified atom stereocenters. The van der Waals surface area contributed by atoms with Crippen LogP contribution in [0.4, 0.5) is 0 Å². The summed E-state index contributed by atoms with van der Waals surface area (Å²) in [4.78, 5) is 9.43. The third-order valence-corrected chi connectivity index (χ3v) is 3.02. The first-order valence-electron chi connectivity index (χ1n) is 5.09. The van der Waals surface area contributed by atoms with Gasteiger partial charge in [-0.25, -0.2) is 0 Å². The lowest BCUT2D eigenvalue weighted by molar-refractivity contribution is -0.144. The van der Waals surface area contributed by atoms with E-state index >= 15 is 0 Å². The second kappa shape index (κ2) is 6.25. The van der Waals surface area contributed by atoms with Crippen molar-refractivity contribution in [2.24, 2.45) is 0 Å². The molecular formula is C10H19ClO3. The van der Waals surface area contributed by atoms with Crippen LogP contribution in [0, 0.1) is 0 Å². The highest BCUT2D eigenvalue weighted by atomic mass is 35.5. The molecule has 0 aliphatic heterocycles. The molecule has 0 aromatic heterocycles. The van der Waals surface area contributed by atoms with Crippen molar-refractivity contribution >= 4 is 17.6 Å². The summed E-state index contributed by atoms with van der Waals surface area (Å²) in [6.07, 6.45) is 2.41. The molecule has 0 heterocycles. The van der Waals surface area contributed by atoms with E-state index in [4.69, 9.17) is 16.7 Å². The Morgan fingerprint density at radius 2 is 2.00 bits per heavy atom. The molecule has 0 saturated carbocycles.